The van der Waals surface area contributed by atoms with Gasteiger partial charge in [-0.2, -0.15) is 0 Å². The highest BCUT2D eigenvalue weighted by atomic mass is 16.2. The number of amides is 2. The smallest absolute Gasteiger partial charge is 0.240 e. The maximum Gasteiger partial charge on any atom is 0.240 e. The van der Waals surface area contributed by atoms with Crippen LogP contribution in [-0.4, -0.2) is 53.8 Å². The van der Waals surface area contributed by atoms with Crippen LogP contribution in [0.2, 0.25) is 0 Å². The summed E-state index contributed by atoms with van der Waals surface area (Å²) in [6.45, 7) is 9.82. The highest BCUT2D eigenvalue weighted by molar-refractivity contribution is 5.83. The number of carbonyl (C=O) groups is 2. The van der Waals surface area contributed by atoms with Gasteiger partial charge < -0.3 is 15.5 Å². The summed E-state index contributed by atoms with van der Waals surface area (Å²) in [5, 5.41) is 0. The second kappa shape index (κ2) is 5.04. The van der Waals surface area contributed by atoms with Crippen molar-refractivity contribution in [1.29, 1.82) is 0 Å². The largest absolute Gasteiger partial charge is 0.339 e. The normalized spacial score (nSPS) is 19.1. The minimum Gasteiger partial charge on any atom is -0.339 e. The van der Waals surface area contributed by atoms with Gasteiger partial charge in [0, 0.05) is 33.1 Å². The third-order valence-electron chi connectivity index (χ3n) is 3.24. The van der Waals surface area contributed by atoms with Crippen molar-refractivity contribution in [3.8, 4) is 0 Å². The summed E-state index contributed by atoms with van der Waals surface area (Å²) >= 11 is 0. The SMILES string of the molecule is CC(=O)N1CCN(C(=O)[C@@H](N)C(C)(C)C)CC1. The molecule has 0 aliphatic carbocycles. The Morgan fingerprint density at radius 2 is 1.47 bits per heavy atom. The van der Waals surface area contributed by atoms with Crippen molar-refractivity contribution < 1.29 is 9.59 Å². The molecule has 0 radical (unpaired) electrons. The third-order valence-corrected chi connectivity index (χ3v) is 3.24. The fourth-order valence-electron chi connectivity index (χ4n) is 1.81. The number of carbonyl (C=O) groups excluding carboxylic acids is 2. The highest BCUT2D eigenvalue weighted by Gasteiger charge is 2.32. The first-order valence-corrected chi connectivity index (χ1v) is 6.03. The van der Waals surface area contributed by atoms with Crippen LogP contribution < -0.4 is 5.73 Å². The van der Waals surface area contributed by atoms with Crippen LogP contribution in [0.3, 0.4) is 0 Å². The fraction of sp³-hybridized carbons (Fsp3) is 0.833. The molecule has 0 aromatic heterocycles. The molecule has 5 heteroatoms. The van der Waals surface area contributed by atoms with E-state index in [1.165, 1.54) is 0 Å². The fourth-order valence-corrected chi connectivity index (χ4v) is 1.81. The van der Waals surface area contributed by atoms with E-state index in [-0.39, 0.29) is 17.2 Å². The average molecular weight is 241 g/mol. The van der Waals surface area contributed by atoms with E-state index in [1.807, 2.05) is 20.8 Å². The van der Waals surface area contributed by atoms with Crippen LogP contribution in [0.4, 0.5) is 0 Å². The van der Waals surface area contributed by atoms with Gasteiger partial charge in [-0.15, -0.1) is 0 Å². The van der Waals surface area contributed by atoms with Crippen molar-refractivity contribution in [1.82, 2.24) is 9.80 Å². The van der Waals surface area contributed by atoms with Crippen LogP contribution in [0, 0.1) is 5.41 Å². The van der Waals surface area contributed by atoms with Crippen LogP contribution in [-0.2, 0) is 9.59 Å². The van der Waals surface area contributed by atoms with Gasteiger partial charge in [0.2, 0.25) is 11.8 Å². The van der Waals surface area contributed by atoms with Crippen LogP contribution in [0.15, 0.2) is 0 Å². The lowest BCUT2D eigenvalue weighted by atomic mass is 9.86. The summed E-state index contributed by atoms with van der Waals surface area (Å²) in [6, 6.07) is -0.480. The zero-order valence-electron chi connectivity index (χ0n) is 11.2. The van der Waals surface area contributed by atoms with Crippen LogP contribution in [0.1, 0.15) is 27.7 Å². The Morgan fingerprint density at radius 1 is 1.06 bits per heavy atom. The van der Waals surface area contributed by atoms with Gasteiger partial charge in [-0.05, 0) is 5.41 Å². The Labute approximate surface area is 103 Å². The summed E-state index contributed by atoms with van der Waals surface area (Å²) < 4.78 is 0. The maximum atomic E-state index is 12.1. The number of hydrogen-bond acceptors (Lipinski definition) is 3. The molecule has 1 aliphatic heterocycles. The first-order valence-electron chi connectivity index (χ1n) is 6.03. The van der Waals surface area contributed by atoms with Gasteiger partial charge >= 0.3 is 0 Å². The van der Waals surface area contributed by atoms with E-state index in [0.717, 1.165) is 0 Å². The maximum absolute atomic E-state index is 12.1. The summed E-state index contributed by atoms with van der Waals surface area (Å²) in [4.78, 5) is 26.8. The molecule has 0 aromatic carbocycles. The summed E-state index contributed by atoms with van der Waals surface area (Å²) in [5.74, 6) is 0.0536. The van der Waals surface area contributed by atoms with Gasteiger partial charge in [0.15, 0.2) is 0 Å². The minimum atomic E-state index is -0.480. The molecule has 0 saturated carbocycles. The predicted octanol–water partition coefficient (Wildman–Crippen LogP) is 0.0505. The summed E-state index contributed by atoms with van der Waals surface area (Å²) in [7, 11) is 0. The molecule has 5 nitrogen and oxygen atoms in total. The lowest BCUT2D eigenvalue weighted by Gasteiger charge is -2.37. The van der Waals surface area contributed by atoms with E-state index < -0.39 is 6.04 Å². The minimum absolute atomic E-state index is 0.0132. The second-order valence-corrected chi connectivity index (χ2v) is 5.68. The first kappa shape index (κ1) is 14.0. The van der Waals surface area contributed by atoms with Crippen molar-refractivity contribution in [2.75, 3.05) is 26.2 Å². The van der Waals surface area contributed by atoms with Gasteiger partial charge in [0.25, 0.3) is 0 Å². The van der Waals surface area contributed by atoms with E-state index in [2.05, 4.69) is 0 Å². The topological polar surface area (TPSA) is 66.6 Å². The molecule has 2 amide bonds. The molecule has 1 rings (SSSR count). The van der Waals surface area contributed by atoms with E-state index in [9.17, 15) is 9.59 Å². The molecule has 1 aliphatic rings. The Bertz CT molecular complexity index is 301. The summed E-state index contributed by atoms with van der Waals surface area (Å²) in [6.07, 6.45) is 0. The number of nitrogens with two attached hydrogens (primary N) is 1. The monoisotopic (exact) mass is 241 g/mol. The molecule has 0 aromatic rings. The quantitative estimate of drug-likeness (QED) is 0.705. The molecular formula is C12H23N3O2. The number of rotatable bonds is 1. The van der Waals surface area contributed by atoms with E-state index in [1.54, 1.807) is 16.7 Å². The molecule has 1 heterocycles. The lowest BCUT2D eigenvalue weighted by Crippen LogP contribution is -2.56. The van der Waals surface area contributed by atoms with E-state index >= 15 is 0 Å². The van der Waals surface area contributed by atoms with Crippen molar-refractivity contribution in [2.45, 2.75) is 33.7 Å². The number of piperazine rings is 1. The molecule has 1 saturated heterocycles. The lowest BCUT2D eigenvalue weighted by molar-refractivity contribution is -0.140. The van der Waals surface area contributed by atoms with Crippen molar-refractivity contribution in [3.05, 3.63) is 0 Å². The van der Waals surface area contributed by atoms with Gasteiger partial charge in [-0.25, -0.2) is 0 Å². The van der Waals surface area contributed by atoms with Crippen LogP contribution >= 0.6 is 0 Å². The van der Waals surface area contributed by atoms with Crippen molar-refractivity contribution in [2.24, 2.45) is 11.1 Å². The molecule has 0 spiro atoms. The number of nitrogens with zero attached hydrogens (tertiary/aromatic N) is 2. The first-order chi connectivity index (χ1) is 7.73. The Kier molecular flexibility index (Phi) is 4.14. The van der Waals surface area contributed by atoms with Gasteiger partial charge in [-0.3, -0.25) is 9.59 Å². The van der Waals surface area contributed by atoms with Gasteiger partial charge in [-0.1, -0.05) is 20.8 Å². The third kappa shape index (κ3) is 3.43. The van der Waals surface area contributed by atoms with Crippen molar-refractivity contribution in [3.63, 3.8) is 0 Å². The molecule has 2 N–H and O–H groups in total. The van der Waals surface area contributed by atoms with E-state index in [0.29, 0.717) is 26.2 Å². The van der Waals surface area contributed by atoms with Gasteiger partial charge in [0.1, 0.15) is 0 Å². The molecular weight excluding hydrogens is 218 g/mol. The molecule has 17 heavy (non-hydrogen) atoms. The highest BCUT2D eigenvalue weighted by Crippen LogP contribution is 2.19. The number of hydrogen-bond donors (Lipinski definition) is 1. The molecule has 0 bridgehead atoms. The van der Waals surface area contributed by atoms with Crippen LogP contribution in [0.5, 0.6) is 0 Å². The Morgan fingerprint density at radius 3 is 1.82 bits per heavy atom. The van der Waals surface area contributed by atoms with E-state index in [4.69, 9.17) is 5.73 Å². The molecule has 1 fully saturated rings. The standard InChI is InChI=1S/C12H23N3O2/c1-9(16)14-5-7-15(8-6-14)11(17)10(13)12(2,3)4/h10H,5-8,13H2,1-4H3/t10-/m1/s1. The Hall–Kier alpha value is -1.10. The average Bonchev–Trinajstić information content (AvgIpc) is 2.26. The van der Waals surface area contributed by atoms with Gasteiger partial charge in [0.05, 0.1) is 6.04 Å². The zero-order valence-corrected chi connectivity index (χ0v) is 11.2. The molecule has 98 valence electrons. The Balaban J connectivity index is 2.55. The predicted molar refractivity (Wildman–Crippen MR) is 66.3 cm³/mol. The molecule has 1 atom stereocenters. The van der Waals surface area contributed by atoms with Crippen LogP contribution in [0.25, 0.3) is 0 Å². The molecule has 0 unspecified atom stereocenters. The summed E-state index contributed by atoms with van der Waals surface area (Å²) in [5.41, 5.74) is 5.72. The zero-order chi connectivity index (χ0) is 13.2. The second-order valence-electron chi connectivity index (χ2n) is 5.68. The van der Waals surface area contributed by atoms with Crippen molar-refractivity contribution >= 4 is 11.8 Å².